The van der Waals surface area contributed by atoms with Gasteiger partial charge in [0.1, 0.15) is 17.5 Å². The third-order valence-electron chi connectivity index (χ3n) is 3.44. The van der Waals surface area contributed by atoms with Crippen LogP contribution in [0.4, 0.5) is 0 Å². The monoisotopic (exact) mass is 397 g/mol. The lowest BCUT2D eigenvalue weighted by molar-refractivity contribution is -0.816. The van der Waals surface area contributed by atoms with Gasteiger partial charge in [-0.05, 0) is 46.3 Å². The highest BCUT2D eigenvalue weighted by molar-refractivity contribution is 9.10. The van der Waals surface area contributed by atoms with E-state index in [4.69, 9.17) is 0 Å². The van der Waals surface area contributed by atoms with Crippen molar-refractivity contribution in [1.29, 1.82) is 0 Å². The Balaban J connectivity index is 2.15. The summed E-state index contributed by atoms with van der Waals surface area (Å²) in [5.41, 5.74) is 3.04. The van der Waals surface area contributed by atoms with Gasteiger partial charge < -0.3 is 4.48 Å². The first-order valence-corrected chi connectivity index (χ1v) is 8.55. The summed E-state index contributed by atoms with van der Waals surface area (Å²) in [5, 5.41) is 0. The predicted octanol–water partition coefficient (Wildman–Crippen LogP) is 3.72. The highest BCUT2D eigenvalue weighted by Crippen LogP contribution is 2.23. The van der Waals surface area contributed by atoms with Gasteiger partial charge in [0, 0.05) is 16.9 Å². The van der Waals surface area contributed by atoms with Crippen molar-refractivity contribution in [3.05, 3.63) is 70.9 Å². The molecule has 25 heavy (non-hydrogen) atoms. The molecule has 3 aromatic heterocycles. The van der Waals surface area contributed by atoms with Crippen LogP contribution in [0.25, 0.3) is 16.6 Å². The molecule has 5 nitrogen and oxygen atoms in total. The Morgan fingerprint density at radius 2 is 1.84 bits per heavy atom. The van der Waals surface area contributed by atoms with E-state index in [9.17, 15) is 4.79 Å². The summed E-state index contributed by atoms with van der Waals surface area (Å²) in [5.74, 6) is -0.150. The number of hydrogen-bond donors (Lipinski definition) is 0. The van der Waals surface area contributed by atoms with E-state index in [2.05, 4.69) is 30.9 Å². The second-order valence-electron chi connectivity index (χ2n) is 6.59. The van der Waals surface area contributed by atoms with Crippen molar-refractivity contribution in [3.8, 4) is 0 Å². The molecule has 3 aromatic rings. The van der Waals surface area contributed by atoms with Gasteiger partial charge in [-0.25, -0.2) is 4.98 Å². The number of aromatic nitrogens is 3. The highest BCUT2D eigenvalue weighted by Gasteiger charge is 2.21. The molecule has 0 aliphatic carbocycles. The van der Waals surface area contributed by atoms with Gasteiger partial charge in [0.2, 0.25) is 5.78 Å². The molecule has 0 saturated carbocycles. The SMILES string of the molecule is C[N+](C)(C)/C=C(/C(=O)c1ccccn1)c1ccc2ncc(Br)cc2n1. The molecule has 126 valence electrons. The average Bonchev–Trinajstić information content (AvgIpc) is 2.58. The summed E-state index contributed by atoms with van der Waals surface area (Å²) < 4.78 is 1.34. The number of quaternary nitrogens is 1. The van der Waals surface area contributed by atoms with Crippen molar-refractivity contribution in [1.82, 2.24) is 15.0 Å². The molecule has 6 heteroatoms. The number of hydrogen-bond acceptors (Lipinski definition) is 4. The van der Waals surface area contributed by atoms with Gasteiger partial charge >= 0.3 is 0 Å². The second kappa shape index (κ2) is 6.82. The van der Waals surface area contributed by atoms with Gasteiger partial charge in [0.05, 0.1) is 37.9 Å². The van der Waals surface area contributed by atoms with Crippen LogP contribution in [0.5, 0.6) is 0 Å². The van der Waals surface area contributed by atoms with Crippen molar-refractivity contribution < 1.29 is 9.28 Å². The lowest BCUT2D eigenvalue weighted by atomic mass is 10.0. The molecule has 0 bridgehead atoms. The first-order chi connectivity index (χ1) is 11.8. The van der Waals surface area contributed by atoms with Crippen molar-refractivity contribution in [2.45, 2.75) is 0 Å². The maximum atomic E-state index is 13.0. The minimum absolute atomic E-state index is 0.150. The quantitative estimate of drug-likeness (QED) is 0.382. The van der Waals surface area contributed by atoms with E-state index in [0.717, 1.165) is 15.5 Å². The smallest absolute Gasteiger partial charge is 0.218 e. The Morgan fingerprint density at radius 1 is 1.04 bits per heavy atom. The molecule has 0 spiro atoms. The van der Waals surface area contributed by atoms with E-state index in [1.165, 1.54) is 0 Å². The zero-order valence-electron chi connectivity index (χ0n) is 14.3. The van der Waals surface area contributed by atoms with Crippen LogP contribution >= 0.6 is 15.9 Å². The van der Waals surface area contributed by atoms with Crippen LogP contribution in [0.1, 0.15) is 16.2 Å². The van der Waals surface area contributed by atoms with E-state index in [0.29, 0.717) is 21.4 Å². The number of halogens is 1. The standard InChI is InChI=1S/C19H18BrN4O/c1-24(2,3)12-14(19(25)17-6-4-5-9-21-17)15-7-8-16-18(23-15)10-13(20)11-22-16/h4-12H,1-3H3/q+1/b14-12+. The van der Waals surface area contributed by atoms with E-state index in [-0.39, 0.29) is 5.78 Å². The van der Waals surface area contributed by atoms with Crippen LogP contribution in [0.2, 0.25) is 0 Å². The zero-order chi connectivity index (χ0) is 18.0. The van der Waals surface area contributed by atoms with E-state index in [1.54, 1.807) is 30.6 Å². The normalized spacial score (nSPS) is 12.4. The van der Waals surface area contributed by atoms with E-state index in [1.807, 2.05) is 45.5 Å². The molecule has 0 N–H and O–H groups in total. The second-order valence-corrected chi connectivity index (χ2v) is 7.51. The van der Waals surface area contributed by atoms with Gasteiger partial charge in [0.25, 0.3) is 0 Å². The maximum absolute atomic E-state index is 13.0. The Labute approximate surface area is 154 Å². The van der Waals surface area contributed by atoms with Crippen LogP contribution in [0.3, 0.4) is 0 Å². The van der Waals surface area contributed by atoms with Gasteiger partial charge in [-0.15, -0.1) is 0 Å². The minimum atomic E-state index is -0.150. The predicted molar refractivity (Wildman–Crippen MR) is 102 cm³/mol. The number of carbonyl (C=O) groups is 1. The highest BCUT2D eigenvalue weighted by atomic mass is 79.9. The summed E-state index contributed by atoms with van der Waals surface area (Å²) >= 11 is 3.41. The molecular formula is C19H18BrN4O+. The lowest BCUT2D eigenvalue weighted by Gasteiger charge is -2.19. The van der Waals surface area contributed by atoms with Gasteiger partial charge in [0.15, 0.2) is 0 Å². The van der Waals surface area contributed by atoms with Gasteiger partial charge in [-0.3, -0.25) is 14.8 Å². The number of rotatable bonds is 4. The summed E-state index contributed by atoms with van der Waals surface area (Å²) in [7, 11) is 5.97. The first kappa shape index (κ1) is 17.4. The molecule has 0 unspecified atom stereocenters. The summed E-state index contributed by atoms with van der Waals surface area (Å²) in [4.78, 5) is 26.2. The molecule has 0 atom stereocenters. The minimum Gasteiger partial charge on any atom is -0.304 e. The van der Waals surface area contributed by atoms with Crippen LogP contribution in [0.15, 0.2) is 59.5 Å². The fourth-order valence-electron chi connectivity index (χ4n) is 2.40. The fraction of sp³-hybridized carbons (Fsp3) is 0.158. The lowest BCUT2D eigenvalue weighted by Crippen LogP contribution is -2.28. The van der Waals surface area contributed by atoms with Crippen molar-refractivity contribution in [2.24, 2.45) is 0 Å². The number of nitrogens with zero attached hydrogens (tertiary/aromatic N) is 4. The fourth-order valence-corrected chi connectivity index (χ4v) is 2.71. The first-order valence-electron chi connectivity index (χ1n) is 7.76. The maximum Gasteiger partial charge on any atom is 0.218 e. The van der Waals surface area contributed by atoms with Crippen LogP contribution in [-0.4, -0.2) is 46.4 Å². The van der Waals surface area contributed by atoms with Crippen molar-refractivity contribution >= 4 is 38.3 Å². The van der Waals surface area contributed by atoms with Crippen LogP contribution in [0, 0.1) is 0 Å². The number of carbonyl (C=O) groups excluding carboxylic acids is 1. The summed E-state index contributed by atoms with van der Waals surface area (Å²) in [6, 6.07) is 10.9. The number of pyridine rings is 3. The topological polar surface area (TPSA) is 55.7 Å². The Kier molecular flexibility index (Phi) is 4.74. The molecule has 0 saturated heterocycles. The molecule has 0 aromatic carbocycles. The third kappa shape index (κ3) is 4.15. The third-order valence-corrected chi connectivity index (χ3v) is 3.87. The number of ketones is 1. The number of allylic oxidation sites excluding steroid dienone is 1. The Morgan fingerprint density at radius 3 is 2.52 bits per heavy atom. The number of Topliss-reactive ketones (excluding diaryl/α,β-unsaturated/α-hetero) is 1. The Bertz CT molecular complexity index is 962. The summed E-state index contributed by atoms with van der Waals surface area (Å²) in [6.45, 7) is 0. The van der Waals surface area contributed by atoms with Gasteiger partial charge in [-0.1, -0.05) is 6.07 Å². The molecule has 0 amide bonds. The molecular weight excluding hydrogens is 380 g/mol. The molecule has 0 radical (unpaired) electrons. The Hall–Kier alpha value is -2.44. The van der Waals surface area contributed by atoms with Crippen LogP contribution < -0.4 is 0 Å². The van der Waals surface area contributed by atoms with E-state index >= 15 is 0 Å². The van der Waals surface area contributed by atoms with Crippen molar-refractivity contribution in [2.75, 3.05) is 21.1 Å². The molecule has 0 fully saturated rings. The summed E-state index contributed by atoms with van der Waals surface area (Å²) in [6.07, 6.45) is 5.23. The van der Waals surface area contributed by atoms with Crippen LogP contribution in [-0.2, 0) is 0 Å². The molecule has 3 rings (SSSR count). The largest absolute Gasteiger partial charge is 0.304 e. The van der Waals surface area contributed by atoms with Gasteiger partial charge in [-0.2, -0.15) is 0 Å². The molecule has 0 aliphatic heterocycles. The zero-order valence-corrected chi connectivity index (χ0v) is 15.9. The molecule has 3 heterocycles. The van der Waals surface area contributed by atoms with E-state index < -0.39 is 0 Å². The van der Waals surface area contributed by atoms with Crippen molar-refractivity contribution in [3.63, 3.8) is 0 Å². The average molecular weight is 398 g/mol. The number of fused-ring (bicyclic) bond motifs is 1. The molecule has 0 aliphatic rings.